The van der Waals surface area contributed by atoms with Crippen molar-refractivity contribution < 1.29 is 13.9 Å². The summed E-state index contributed by atoms with van der Waals surface area (Å²) in [6.45, 7) is 4.00. The first-order valence-corrected chi connectivity index (χ1v) is 6.58. The van der Waals surface area contributed by atoms with Gasteiger partial charge in [-0.15, -0.1) is 0 Å². The number of nitrogens with one attached hydrogen (secondary N) is 1. The van der Waals surface area contributed by atoms with Gasteiger partial charge < -0.3 is 4.74 Å². The maximum Gasteiger partial charge on any atom is 0.152 e. The molecule has 0 radical (unpaired) electrons. The molecule has 3 nitrogen and oxygen atoms in total. The number of hydrogen-bond donors (Lipinski definition) is 1. The van der Waals surface area contributed by atoms with Crippen molar-refractivity contribution in [1.29, 1.82) is 0 Å². The number of carbonyl (C=O) groups is 1. The van der Waals surface area contributed by atoms with Crippen molar-refractivity contribution in [2.45, 2.75) is 20.0 Å². The monoisotopic (exact) mass is 363 g/mol. The van der Waals surface area contributed by atoms with E-state index in [9.17, 15) is 9.18 Å². The lowest BCUT2D eigenvalue weighted by atomic mass is 10.2. The molecule has 0 fully saturated rings. The van der Waals surface area contributed by atoms with Gasteiger partial charge in [0.25, 0.3) is 0 Å². The van der Waals surface area contributed by atoms with Crippen LogP contribution in [0.25, 0.3) is 6.08 Å². The van der Waals surface area contributed by atoms with Crippen molar-refractivity contribution in [3.63, 3.8) is 0 Å². The van der Waals surface area contributed by atoms with Crippen molar-refractivity contribution in [2.75, 3.05) is 6.54 Å². The first-order chi connectivity index (χ1) is 8.51. The Labute approximate surface area is 120 Å². The number of carbonyl (C=O) groups excluding carboxylic acids is 1. The Bertz CT molecular complexity index is 449. The number of rotatable bonds is 6. The quantitative estimate of drug-likeness (QED) is 0.480. The molecule has 1 aromatic rings. The molecule has 18 heavy (non-hydrogen) atoms. The van der Waals surface area contributed by atoms with Gasteiger partial charge in [-0.1, -0.05) is 6.08 Å². The summed E-state index contributed by atoms with van der Waals surface area (Å²) in [5, 5.41) is 0. The van der Waals surface area contributed by atoms with Gasteiger partial charge in [0.2, 0.25) is 0 Å². The van der Waals surface area contributed by atoms with E-state index in [1.165, 1.54) is 25.1 Å². The molecule has 0 amide bonds. The lowest BCUT2D eigenvalue weighted by Gasteiger charge is -2.14. The van der Waals surface area contributed by atoms with Gasteiger partial charge in [0.15, 0.2) is 5.78 Å². The Morgan fingerprint density at radius 1 is 1.56 bits per heavy atom. The van der Waals surface area contributed by atoms with Crippen molar-refractivity contribution in [1.82, 2.24) is 3.53 Å². The van der Waals surface area contributed by atoms with E-state index in [0.29, 0.717) is 17.9 Å². The Hall–Kier alpha value is -0.950. The van der Waals surface area contributed by atoms with Crippen molar-refractivity contribution in [3.05, 3.63) is 35.7 Å². The van der Waals surface area contributed by atoms with Crippen molar-refractivity contribution >= 4 is 34.7 Å². The van der Waals surface area contributed by atoms with Gasteiger partial charge in [-0.2, -0.15) is 0 Å². The first kappa shape index (κ1) is 15.1. The summed E-state index contributed by atoms with van der Waals surface area (Å²) in [7, 11) is 0. The predicted molar refractivity (Wildman–Crippen MR) is 78.2 cm³/mol. The van der Waals surface area contributed by atoms with Crippen LogP contribution >= 0.6 is 22.9 Å². The van der Waals surface area contributed by atoms with Gasteiger partial charge in [0, 0.05) is 35.5 Å². The van der Waals surface area contributed by atoms with E-state index < -0.39 is 0 Å². The van der Waals surface area contributed by atoms with E-state index in [0.717, 1.165) is 0 Å². The summed E-state index contributed by atoms with van der Waals surface area (Å²) in [6.07, 6.45) is 2.90. The molecule has 0 aliphatic rings. The van der Waals surface area contributed by atoms with Crippen LogP contribution in [0.4, 0.5) is 4.39 Å². The van der Waals surface area contributed by atoms with Crippen LogP contribution in [0.5, 0.6) is 5.75 Å². The molecule has 98 valence electrons. The Morgan fingerprint density at radius 3 is 2.89 bits per heavy atom. The largest absolute Gasteiger partial charge is 0.489 e. The summed E-state index contributed by atoms with van der Waals surface area (Å²) in [5.74, 6) is -0.00750. The Morgan fingerprint density at radius 2 is 2.28 bits per heavy atom. The van der Waals surface area contributed by atoms with E-state index in [1.54, 1.807) is 12.1 Å². The standard InChI is InChI=1S/C13H15FINO2/c1-9(17)3-4-11-5-12(14)7-13(6-11)18-10(2)8-16-15/h3-7,10,16H,8H2,1-2H3/b4-3+. The van der Waals surface area contributed by atoms with E-state index in [1.807, 2.05) is 29.8 Å². The maximum absolute atomic E-state index is 13.4. The van der Waals surface area contributed by atoms with Crippen LogP contribution in [0.3, 0.4) is 0 Å². The predicted octanol–water partition coefficient (Wildman–Crippen LogP) is 3.13. The van der Waals surface area contributed by atoms with Gasteiger partial charge in [-0.25, -0.2) is 4.39 Å². The molecule has 1 aromatic carbocycles. The number of halogens is 2. The highest BCUT2D eigenvalue weighted by atomic mass is 127. The number of benzene rings is 1. The normalized spacial score (nSPS) is 12.7. The zero-order valence-corrected chi connectivity index (χ0v) is 12.4. The molecule has 0 aliphatic carbocycles. The molecule has 1 rings (SSSR count). The molecule has 0 aliphatic heterocycles. The highest BCUT2D eigenvalue weighted by molar-refractivity contribution is 14.1. The number of ether oxygens (including phenoxy) is 1. The highest BCUT2D eigenvalue weighted by Gasteiger charge is 2.05. The number of hydrogen-bond acceptors (Lipinski definition) is 3. The zero-order chi connectivity index (χ0) is 13.5. The lowest BCUT2D eigenvalue weighted by Crippen LogP contribution is -2.23. The molecule has 1 N–H and O–H groups in total. The summed E-state index contributed by atoms with van der Waals surface area (Å²) in [4.78, 5) is 10.8. The third kappa shape index (κ3) is 5.59. The molecular weight excluding hydrogens is 348 g/mol. The number of allylic oxidation sites excluding steroid dienone is 1. The zero-order valence-electron chi connectivity index (χ0n) is 10.2. The average molecular weight is 363 g/mol. The molecule has 0 bridgehead atoms. The molecule has 5 heteroatoms. The molecule has 0 spiro atoms. The van der Waals surface area contributed by atoms with E-state index in [2.05, 4.69) is 3.53 Å². The smallest absolute Gasteiger partial charge is 0.152 e. The molecule has 0 heterocycles. The fourth-order valence-corrected chi connectivity index (χ4v) is 1.97. The van der Waals surface area contributed by atoms with Crippen molar-refractivity contribution in [2.24, 2.45) is 0 Å². The van der Waals surface area contributed by atoms with Crippen LogP contribution in [0, 0.1) is 5.82 Å². The average Bonchev–Trinajstić information content (AvgIpc) is 2.25. The Balaban J connectivity index is 2.83. The van der Waals surface area contributed by atoms with Crippen LogP contribution in [0.1, 0.15) is 19.4 Å². The van der Waals surface area contributed by atoms with Gasteiger partial charge in [-0.3, -0.25) is 8.32 Å². The summed E-state index contributed by atoms with van der Waals surface area (Å²) < 4.78 is 21.9. The van der Waals surface area contributed by atoms with Crippen molar-refractivity contribution in [3.8, 4) is 5.75 Å². The summed E-state index contributed by atoms with van der Waals surface area (Å²) in [5.41, 5.74) is 0.606. The number of ketones is 1. The minimum atomic E-state index is -0.384. The lowest BCUT2D eigenvalue weighted by molar-refractivity contribution is -0.112. The second-order valence-corrected chi connectivity index (χ2v) is 4.69. The topological polar surface area (TPSA) is 38.3 Å². The van der Waals surface area contributed by atoms with E-state index >= 15 is 0 Å². The van der Waals surface area contributed by atoms with Crippen LogP contribution in [-0.4, -0.2) is 18.4 Å². The third-order valence-corrected chi connectivity index (χ3v) is 2.55. The second-order valence-electron chi connectivity index (χ2n) is 3.93. The fourth-order valence-electron chi connectivity index (χ4n) is 1.34. The molecule has 0 saturated heterocycles. The fraction of sp³-hybridized carbons (Fsp3) is 0.308. The minimum absolute atomic E-state index is 0.0617. The third-order valence-electron chi connectivity index (χ3n) is 2.11. The van der Waals surface area contributed by atoms with Gasteiger partial charge in [-0.05, 0) is 37.6 Å². The maximum atomic E-state index is 13.4. The Kier molecular flexibility index (Phi) is 6.28. The molecular formula is C13H15FINO2. The van der Waals surface area contributed by atoms with Gasteiger partial charge in [0.1, 0.15) is 17.7 Å². The van der Waals surface area contributed by atoms with Crippen LogP contribution in [0.15, 0.2) is 24.3 Å². The molecule has 1 unspecified atom stereocenters. The summed E-state index contributed by atoms with van der Waals surface area (Å²) in [6, 6.07) is 4.38. The highest BCUT2D eigenvalue weighted by Crippen LogP contribution is 2.18. The SMILES string of the molecule is CC(=O)/C=C/c1cc(F)cc(OC(C)CNI)c1. The molecule has 1 atom stereocenters. The summed E-state index contributed by atoms with van der Waals surface area (Å²) >= 11 is 2.03. The van der Waals surface area contributed by atoms with Crippen LogP contribution in [0.2, 0.25) is 0 Å². The van der Waals surface area contributed by atoms with Gasteiger partial charge >= 0.3 is 0 Å². The van der Waals surface area contributed by atoms with Crippen LogP contribution < -0.4 is 8.27 Å². The molecule has 0 saturated carbocycles. The first-order valence-electron chi connectivity index (χ1n) is 5.50. The van der Waals surface area contributed by atoms with E-state index in [4.69, 9.17) is 4.74 Å². The molecule has 0 aromatic heterocycles. The van der Waals surface area contributed by atoms with Crippen LogP contribution in [-0.2, 0) is 4.79 Å². The van der Waals surface area contributed by atoms with E-state index in [-0.39, 0.29) is 17.7 Å². The second kappa shape index (κ2) is 7.48. The van der Waals surface area contributed by atoms with Gasteiger partial charge in [0.05, 0.1) is 0 Å². The minimum Gasteiger partial charge on any atom is -0.489 e.